The Morgan fingerprint density at radius 1 is 1.33 bits per heavy atom. The highest BCUT2D eigenvalue weighted by atomic mass is 32.2. The van der Waals surface area contributed by atoms with E-state index in [0.717, 1.165) is 6.26 Å². The highest BCUT2D eigenvalue weighted by Crippen LogP contribution is 2.36. The van der Waals surface area contributed by atoms with Gasteiger partial charge in [0.1, 0.15) is 0 Å². The molecule has 0 saturated carbocycles. The number of carbonyl (C=O) groups is 1. The summed E-state index contributed by atoms with van der Waals surface area (Å²) in [5.41, 5.74) is 0.626. The van der Waals surface area contributed by atoms with Crippen molar-refractivity contribution in [3.8, 4) is 0 Å². The molecule has 0 radical (unpaired) electrons. The third kappa shape index (κ3) is 1.30. The lowest BCUT2D eigenvalue weighted by Crippen LogP contribution is -2.39. The zero-order chi connectivity index (χ0) is 11.3. The monoisotopic (exact) mass is 228 g/mol. The normalized spacial score (nSPS) is 25.3. The SMILES string of the molecule is CS(=O)(=O)C1(F)Cc2ccccc2C1=O. The van der Waals surface area contributed by atoms with Crippen LogP contribution in [0, 0.1) is 0 Å². The highest BCUT2D eigenvalue weighted by molar-refractivity contribution is 7.92. The van der Waals surface area contributed by atoms with Gasteiger partial charge in [-0.15, -0.1) is 0 Å². The fraction of sp³-hybridized carbons (Fsp3) is 0.300. The molecule has 0 aliphatic heterocycles. The first kappa shape index (κ1) is 10.3. The van der Waals surface area contributed by atoms with Crippen molar-refractivity contribution in [1.29, 1.82) is 0 Å². The summed E-state index contributed by atoms with van der Waals surface area (Å²) in [5.74, 6) is -0.944. The van der Waals surface area contributed by atoms with Crippen LogP contribution < -0.4 is 0 Å². The largest absolute Gasteiger partial charge is 0.289 e. The van der Waals surface area contributed by atoms with Gasteiger partial charge >= 0.3 is 0 Å². The molecule has 0 spiro atoms. The number of halogens is 1. The Bertz CT molecular complexity index is 535. The van der Waals surface area contributed by atoms with Gasteiger partial charge in [0.25, 0.3) is 5.00 Å². The Hall–Kier alpha value is -1.23. The van der Waals surface area contributed by atoms with Gasteiger partial charge in [0, 0.05) is 18.2 Å². The van der Waals surface area contributed by atoms with Crippen molar-refractivity contribution in [3.05, 3.63) is 35.4 Å². The maximum Gasteiger partial charge on any atom is 0.276 e. The minimum absolute atomic E-state index is 0.172. The quantitative estimate of drug-likeness (QED) is 0.724. The Morgan fingerprint density at radius 2 is 1.93 bits per heavy atom. The number of sulfone groups is 1. The van der Waals surface area contributed by atoms with E-state index in [-0.39, 0.29) is 12.0 Å². The zero-order valence-electron chi connectivity index (χ0n) is 8.03. The standard InChI is InChI=1S/C10H9FO3S/c1-15(13,14)10(11)6-7-4-2-3-5-8(7)9(10)12/h2-5H,6H2,1H3. The van der Waals surface area contributed by atoms with Crippen LogP contribution in [0.1, 0.15) is 15.9 Å². The van der Waals surface area contributed by atoms with E-state index < -0.39 is 20.6 Å². The van der Waals surface area contributed by atoms with Crippen LogP contribution in [0.5, 0.6) is 0 Å². The van der Waals surface area contributed by atoms with Crippen molar-refractivity contribution in [3.63, 3.8) is 0 Å². The maximum absolute atomic E-state index is 14.1. The third-order valence-corrected chi connectivity index (χ3v) is 4.11. The van der Waals surface area contributed by atoms with Crippen LogP contribution in [-0.2, 0) is 16.3 Å². The summed E-state index contributed by atoms with van der Waals surface area (Å²) in [6, 6.07) is 6.26. The molecule has 15 heavy (non-hydrogen) atoms. The number of benzene rings is 1. The van der Waals surface area contributed by atoms with E-state index in [1.807, 2.05) is 0 Å². The molecule has 2 rings (SSSR count). The van der Waals surface area contributed by atoms with Crippen LogP contribution in [0.2, 0.25) is 0 Å². The molecule has 0 heterocycles. The topological polar surface area (TPSA) is 51.2 Å². The molecule has 0 fully saturated rings. The Balaban J connectivity index is 2.62. The summed E-state index contributed by atoms with van der Waals surface area (Å²) in [4.78, 5) is 11.6. The zero-order valence-corrected chi connectivity index (χ0v) is 8.84. The lowest BCUT2D eigenvalue weighted by atomic mass is 10.1. The second-order valence-corrected chi connectivity index (χ2v) is 5.86. The maximum atomic E-state index is 14.1. The van der Waals surface area contributed by atoms with Gasteiger partial charge in [-0.05, 0) is 5.56 Å². The van der Waals surface area contributed by atoms with E-state index in [2.05, 4.69) is 0 Å². The molecule has 0 amide bonds. The molecule has 0 bridgehead atoms. The van der Waals surface area contributed by atoms with Crippen LogP contribution in [0.15, 0.2) is 24.3 Å². The Labute approximate surface area is 86.8 Å². The van der Waals surface area contributed by atoms with Crippen LogP contribution in [0.3, 0.4) is 0 Å². The van der Waals surface area contributed by atoms with E-state index in [4.69, 9.17) is 0 Å². The van der Waals surface area contributed by atoms with Crippen molar-refractivity contribution < 1.29 is 17.6 Å². The third-order valence-electron chi connectivity index (χ3n) is 2.61. The van der Waals surface area contributed by atoms with Crippen LogP contribution >= 0.6 is 0 Å². The van der Waals surface area contributed by atoms with Crippen molar-refractivity contribution >= 4 is 15.6 Å². The van der Waals surface area contributed by atoms with Gasteiger partial charge in [-0.25, -0.2) is 12.8 Å². The number of alkyl halides is 1. The molecular formula is C10H9FO3S. The fourth-order valence-electron chi connectivity index (χ4n) is 1.72. The van der Waals surface area contributed by atoms with Gasteiger partial charge < -0.3 is 0 Å². The fourth-order valence-corrected chi connectivity index (χ4v) is 2.59. The molecule has 1 unspecified atom stereocenters. The number of hydrogen-bond acceptors (Lipinski definition) is 3. The molecule has 0 aromatic heterocycles. The first-order chi connectivity index (χ1) is 6.86. The molecule has 3 nitrogen and oxygen atoms in total. The Morgan fingerprint density at radius 3 is 2.47 bits per heavy atom. The minimum Gasteiger partial charge on any atom is -0.289 e. The molecule has 80 valence electrons. The molecule has 1 aromatic rings. The predicted molar refractivity (Wildman–Crippen MR) is 53.2 cm³/mol. The first-order valence-electron chi connectivity index (χ1n) is 4.37. The molecule has 0 N–H and O–H groups in total. The van der Waals surface area contributed by atoms with Gasteiger partial charge in [-0.3, -0.25) is 4.79 Å². The van der Waals surface area contributed by atoms with Gasteiger partial charge in [0.2, 0.25) is 5.78 Å². The highest BCUT2D eigenvalue weighted by Gasteiger charge is 2.54. The number of hydrogen-bond donors (Lipinski definition) is 0. The molecular weight excluding hydrogens is 219 g/mol. The Kier molecular flexibility index (Phi) is 1.98. The van der Waals surface area contributed by atoms with Crippen molar-refractivity contribution in [2.24, 2.45) is 0 Å². The summed E-state index contributed by atoms with van der Waals surface area (Å²) >= 11 is 0. The average molecular weight is 228 g/mol. The molecule has 1 atom stereocenters. The van der Waals surface area contributed by atoms with Crippen LogP contribution in [0.4, 0.5) is 4.39 Å². The average Bonchev–Trinajstić information content (AvgIpc) is 2.40. The van der Waals surface area contributed by atoms with Crippen molar-refractivity contribution in [2.45, 2.75) is 11.4 Å². The first-order valence-corrected chi connectivity index (χ1v) is 6.26. The number of rotatable bonds is 1. The predicted octanol–water partition coefficient (Wildman–Crippen LogP) is 1.14. The van der Waals surface area contributed by atoms with Gasteiger partial charge in [-0.1, -0.05) is 24.3 Å². The molecule has 0 saturated heterocycles. The van der Waals surface area contributed by atoms with Crippen LogP contribution in [-0.4, -0.2) is 25.5 Å². The summed E-state index contributed by atoms with van der Waals surface area (Å²) in [5, 5.41) is -2.77. The lowest BCUT2D eigenvalue weighted by Gasteiger charge is -2.14. The summed E-state index contributed by atoms with van der Waals surface area (Å²) in [6.07, 6.45) is 0.373. The van der Waals surface area contributed by atoms with Gasteiger partial charge in [0.15, 0.2) is 9.84 Å². The lowest BCUT2D eigenvalue weighted by molar-refractivity contribution is 0.0853. The second-order valence-electron chi connectivity index (χ2n) is 3.66. The van der Waals surface area contributed by atoms with E-state index >= 15 is 0 Å². The van der Waals surface area contributed by atoms with E-state index in [1.54, 1.807) is 18.2 Å². The molecule has 1 aromatic carbocycles. The van der Waals surface area contributed by atoms with Crippen LogP contribution in [0.25, 0.3) is 0 Å². The summed E-state index contributed by atoms with van der Waals surface area (Å²) in [7, 11) is -4.04. The summed E-state index contributed by atoms with van der Waals surface area (Å²) < 4.78 is 36.5. The van der Waals surface area contributed by atoms with Crippen molar-refractivity contribution in [2.75, 3.05) is 6.26 Å². The van der Waals surface area contributed by atoms with Gasteiger partial charge in [0.05, 0.1) is 0 Å². The number of fused-ring (bicyclic) bond motifs is 1. The van der Waals surface area contributed by atoms with Crippen molar-refractivity contribution in [1.82, 2.24) is 0 Å². The van der Waals surface area contributed by atoms with Gasteiger partial charge in [-0.2, -0.15) is 0 Å². The minimum atomic E-state index is -4.04. The number of carbonyl (C=O) groups excluding carboxylic acids is 1. The molecule has 1 aliphatic rings. The van der Waals surface area contributed by atoms with E-state index in [1.165, 1.54) is 6.07 Å². The second kappa shape index (κ2) is 2.88. The smallest absolute Gasteiger partial charge is 0.276 e. The molecule has 1 aliphatic carbocycles. The van der Waals surface area contributed by atoms with E-state index in [9.17, 15) is 17.6 Å². The number of ketones is 1. The summed E-state index contributed by atoms with van der Waals surface area (Å²) in [6.45, 7) is 0. The molecule has 5 heteroatoms. The van der Waals surface area contributed by atoms with E-state index in [0.29, 0.717) is 5.56 Å². The number of Topliss-reactive ketones (excluding diaryl/α,β-unsaturated/α-hetero) is 1.